The van der Waals surface area contributed by atoms with Crippen LogP contribution < -0.4 is 10.6 Å². The average molecular weight is 638 g/mol. The molecule has 0 radical (unpaired) electrons. The van der Waals surface area contributed by atoms with Crippen molar-refractivity contribution < 1.29 is 14.3 Å². The summed E-state index contributed by atoms with van der Waals surface area (Å²) < 4.78 is 4.79. The molecule has 10 nitrogen and oxygen atoms in total. The van der Waals surface area contributed by atoms with E-state index in [0.29, 0.717) is 12.0 Å². The molecule has 0 aliphatic carbocycles. The zero-order valence-electron chi connectivity index (χ0n) is 28.4. The number of rotatable bonds is 8. The first-order chi connectivity index (χ1) is 22.5. The zero-order chi connectivity index (χ0) is 33.4. The predicted octanol–water partition coefficient (Wildman–Crippen LogP) is 6.87. The van der Waals surface area contributed by atoms with Gasteiger partial charge in [-0.05, 0) is 66.7 Å². The third kappa shape index (κ3) is 6.56. The van der Waals surface area contributed by atoms with Crippen molar-refractivity contribution in [3.05, 3.63) is 72.6 Å². The maximum Gasteiger partial charge on any atom is 0.407 e. The summed E-state index contributed by atoms with van der Waals surface area (Å²) in [7, 11) is 1.31. The average Bonchev–Trinajstić information content (AvgIpc) is 3.87. The van der Waals surface area contributed by atoms with E-state index < -0.39 is 12.1 Å². The van der Waals surface area contributed by atoms with Crippen molar-refractivity contribution in [2.75, 3.05) is 7.11 Å². The molecule has 2 aliphatic heterocycles. The maximum atomic E-state index is 13.8. The monoisotopic (exact) mass is 637 g/mol. The fourth-order valence-corrected chi connectivity index (χ4v) is 6.99. The molecule has 4 N–H and O–H groups in total. The second kappa shape index (κ2) is 13.4. The minimum Gasteiger partial charge on any atom is -0.453 e. The summed E-state index contributed by atoms with van der Waals surface area (Å²) in [4.78, 5) is 44.2. The number of hydrogen-bond acceptors (Lipinski definition) is 6. The van der Waals surface area contributed by atoms with E-state index in [0.717, 1.165) is 58.1 Å². The van der Waals surface area contributed by atoms with Crippen LogP contribution >= 0.6 is 0 Å². The summed E-state index contributed by atoms with van der Waals surface area (Å²) in [5.41, 5.74) is 6.30. The van der Waals surface area contributed by atoms with Crippen LogP contribution in [0.1, 0.15) is 78.1 Å². The molecule has 2 aliphatic rings. The number of H-pyrrole nitrogens is 2. The molecule has 0 unspecified atom stereocenters. The topological polar surface area (TPSA) is 128 Å². The van der Waals surface area contributed by atoms with Crippen LogP contribution in [0.5, 0.6) is 0 Å². The van der Waals surface area contributed by atoms with E-state index in [4.69, 9.17) is 9.72 Å². The number of likely N-dealkylation sites (tertiary alicyclic amines) is 1. The maximum absolute atomic E-state index is 13.8. The molecule has 4 heterocycles. The molecule has 2 amide bonds. The van der Waals surface area contributed by atoms with Crippen molar-refractivity contribution in [3.8, 4) is 33.6 Å². The van der Waals surface area contributed by atoms with E-state index in [1.807, 2.05) is 31.1 Å². The van der Waals surface area contributed by atoms with Crippen LogP contribution in [0.2, 0.25) is 0 Å². The summed E-state index contributed by atoms with van der Waals surface area (Å²) in [6.45, 7) is 12.6. The van der Waals surface area contributed by atoms with Gasteiger partial charge in [0.15, 0.2) is 0 Å². The molecular weight excluding hydrogens is 590 g/mol. The number of carbonyl (C=O) groups is 2. The summed E-state index contributed by atoms with van der Waals surface area (Å²) >= 11 is 0. The Balaban J connectivity index is 1.15. The minimum absolute atomic E-state index is 0.000299. The normalized spacial score (nSPS) is 24.9. The van der Waals surface area contributed by atoms with Crippen molar-refractivity contribution in [3.63, 3.8) is 0 Å². The Kier molecular flexibility index (Phi) is 9.23. The number of aromatic nitrogens is 4. The molecule has 0 spiro atoms. The van der Waals surface area contributed by atoms with Gasteiger partial charge in [-0.3, -0.25) is 4.79 Å². The van der Waals surface area contributed by atoms with Crippen LogP contribution in [0.3, 0.4) is 0 Å². The van der Waals surface area contributed by atoms with E-state index >= 15 is 0 Å². The van der Waals surface area contributed by atoms with Crippen molar-refractivity contribution in [1.29, 1.82) is 0 Å². The highest BCUT2D eigenvalue weighted by atomic mass is 16.5. The number of nitrogens with one attached hydrogen (secondary N) is 4. The van der Waals surface area contributed by atoms with Crippen molar-refractivity contribution >= 4 is 12.0 Å². The number of aromatic amines is 2. The number of carbonyl (C=O) groups excluding carboxylic acids is 2. The minimum atomic E-state index is -0.687. The largest absolute Gasteiger partial charge is 0.453 e. The fourth-order valence-electron chi connectivity index (χ4n) is 6.99. The van der Waals surface area contributed by atoms with Gasteiger partial charge in [-0.2, -0.15) is 0 Å². The Morgan fingerprint density at radius 3 is 1.85 bits per heavy atom. The molecule has 2 aromatic carbocycles. The Hall–Kier alpha value is -4.44. The standard InChI is InChI=1S/C37H47N7O3/c1-20(2)33(43-37(46)47-7)36(45)44-24(6)22(4)17-32(44)35-39-19-31(42-35)28-14-10-26(11-15-28)25-8-12-27(13-9-25)30-18-38-34(41-30)29-16-21(3)23(5)40-29/h8-15,18-24,29,32-33,40H,16-17H2,1-7H3,(H,38,41)(H,39,42)(H,43,46)/t21-,22-,23-,24-,29+,32+,33+/m1/s1. The summed E-state index contributed by atoms with van der Waals surface area (Å²) in [5, 5.41) is 6.38. The van der Waals surface area contributed by atoms with Crippen LogP contribution in [-0.4, -0.2) is 62.1 Å². The fraction of sp³-hybridized carbons (Fsp3) is 0.459. The third-order valence-corrected chi connectivity index (χ3v) is 10.3. The number of methoxy groups -OCH3 is 1. The van der Waals surface area contributed by atoms with E-state index in [9.17, 15) is 9.59 Å². The molecule has 0 bridgehead atoms. The lowest BCUT2D eigenvalue weighted by atomic mass is 10.0. The number of hydrogen-bond donors (Lipinski definition) is 4. The van der Waals surface area contributed by atoms with E-state index in [-0.39, 0.29) is 35.9 Å². The Bertz CT molecular complexity index is 1680. The van der Waals surface area contributed by atoms with Crippen molar-refractivity contribution in [1.82, 2.24) is 35.5 Å². The van der Waals surface area contributed by atoms with E-state index in [1.165, 1.54) is 7.11 Å². The molecule has 2 saturated heterocycles. The summed E-state index contributed by atoms with van der Waals surface area (Å²) in [5.74, 6) is 2.45. The van der Waals surface area contributed by atoms with E-state index in [1.54, 1.807) is 0 Å². The quantitative estimate of drug-likeness (QED) is 0.167. The number of nitrogens with zero attached hydrogens (tertiary/aromatic N) is 3. The van der Waals surface area contributed by atoms with Gasteiger partial charge >= 0.3 is 6.09 Å². The van der Waals surface area contributed by atoms with Gasteiger partial charge in [0.2, 0.25) is 5.91 Å². The highest BCUT2D eigenvalue weighted by Crippen LogP contribution is 2.40. The second-order valence-electron chi connectivity index (χ2n) is 13.8. The second-order valence-corrected chi connectivity index (χ2v) is 13.8. The van der Waals surface area contributed by atoms with Crippen LogP contribution in [0.15, 0.2) is 60.9 Å². The number of amides is 2. The molecule has 7 atom stereocenters. The Labute approximate surface area is 277 Å². The van der Waals surface area contributed by atoms with Crippen molar-refractivity contribution in [2.24, 2.45) is 17.8 Å². The molecule has 0 saturated carbocycles. The molecular formula is C37H47N7O3. The predicted molar refractivity (Wildman–Crippen MR) is 183 cm³/mol. The highest BCUT2D eigenvalue weighted by molar-refractivity contribution is 5.86. The lowest BCUT2D eigenvalue weighted by Gasteiger charge is -2.33. The molecule has 47 heavy (non-hydrogen) atoms. The van der Waals surface area contributed by atoms with Crippen LogP contribution in [0.25, 0.3) is 33.6 Å². The van der Waals surface area contributed by atoms with Gasteiger partial charge in [-0.15, -0.1) is 0 Å². The zero-order valence-corrected chi connectivity index (χ0v) is 28.4. The lowest BCUT2D eigenvalue weighted by molar-refractivity contribution is -0.137. The third-order valence-electron chi connectivity index (χ3n) is 10.3. The van der Waals surface area contributed by atoms with Gasteiger partial charge in [0.1, 0.15) is 17.7 Å². The smallest absolute Gasteiger partial charge is 0.407 e. The summed E-state index contributed by atoms with van der Waals surface area (Å²) in [6.07, 6.45) is 5.03. The van der Waals surface area contributed by atoms with Crippen LogP contribution in [-0.2, 0) is 9.53 Å². The Morgan fingerprint density at radius 1 is 0.809 bits per heavy atom. The molecule has 10 heteroatoms. The molecule has 248 valence electrons. The molecule has 2 aromatic heterocycles. The number of imidazole rings is 2. The van der Waals surface area contributed by atoms with Crippen LogP contribution in [0.4, 0.5) is 4.79 Å². The summed E-state index contributed by atoms with van der Waals surface area (Å²) in [6, 6.07) is 16.9. The number of benzene rings is 2. The van der Waals surface area contributed by atoms with Gasteiger partial charge in [-0.1, -0.05) is 76.2 Å². The molecule has 2 fully saturated rings. The van der Waals surface area contributed by atoms with Crippen LogP contribution in [0, 0.1) is 17.8 Å². The van der Waals surface area contributed by atoms with Crippen molar-refractivity contribution in [2.45, 2.75) is 84.6 Å². The first-order valence-electron chi connectivity index (χ1n) is 16.8. The SMILES string of the molecule is COC(=O)N[C@H](C(=O)N1[C@H](C)[C@H](C)C[C@H]1c1ncc(-c2ccc(-c3ccc(-c4cnc([C@@H]5C[C@@H](C)[C@@H](C)N5)[nH]4)cc3)cc2)[nH]1)C(C)C. The lowest BCUT2D eigenvalue weighted by Crippen LogP contribution is -2.53. The molecule has 6 rings (SSSR count). The van der Waals surface area contributed by atoms with Gasteiger partial charge in [0.25, 0.3) is 0 Å². The number of ether oxygens (including phenoxy) is 1. The van der Waals surface area contributed by atoms with Gasteiger partial charge in [-0.25, -0.2) is 14.8 Å². The molecule has 4 aromatic rings. The first-order valence-corrected chi connectivity index (χ1v) is 16.8. The highest BCUT2D eigenvalue weighted by Gasteiger charge is 2.44. The number of alkyl carbamates (subject to hydrolysis) is 1. The van der Waals surface area contributed by atoms with Gasteiger partial charge in [0.05, 0.1) is 43.0 Å². The Morgan fingerprint density at radius 2 is 1.34 bits per heavy atom. The van der Waals surface area contributed by atoms with Gasteiger partial charge < -0.3 is 30.2 Å². The first kappa shape index (κ1) is 32.5. The van der Waals surface area contributed by atoms with Gasteiger partial charge in [0, 0.05) is 12.1 Å². The van der Waals surface area contributed by atoms with E-state index in [2.05, 4.69) is 102 Å².